The van der Waals surface area contributed by atoms with Crippen LogP contribution in [0.5, 0.6) is 0 Å². The maximum atomic E-state index is 13.1. The van der Waals surface area contributed by atoms with E-state index in [1.54, 1.807) is 6.26 Å². The number of hydrogen-bond donors (Lipinski definition) is 1. The van der Waals surface area contributed by atoms with Crippen LogP contribution in [-0.4, -0.2) is 65.8 Å². The second-order valence-electron chi connectivity index (χ2n) is 5.39. The van der Waals surface area contributed by atoms with E-state index in [1.165, 1.54) is 0 Å². The lowest BCUT2D eigenvalue weighted by atomic mass is 10.1. The number of rotatable bonds is 3. The summed E-state index contributed by atoms with van der Waals surface area (Å²) in [5.74, 6) is 0.0336. The van der Waals surface area contributed by atoms with Crippen molar-refractivity contribution >= 4 is 5.91 Å². The number of carbonyl (C=O) groups excluding carboxylic acids is 1. The van der Waals surface area contributed by atoms with Crippen molar-refractivity contribution in [1.82, 2.24) is 20.3 Å². The molecular weight excluding hydrogens is 263 g/mol. The lowest BCUT2D eigenvalue weighted by molar-refractivity contribution is -0.135. The number of carbonyl (C=O) groups is 1. The van der Waals surface area contributed by atoms with Gasteiger partial charge in [-0.3, -0.25) is 9.69 Å². The SMILES string of the molecule is O=C([C@H]1C[C@H](F)CN1)N1CCN(Cc2ccon2)CC1. The summed E-state index contributed by atoms with van der Waals surface area (Å²) in [4.78, 5) is 16.3. The van der Waals surface area contributed by atoms with Gasteiger partial charge in [0.25, 0.3) is 0 Å². The predicted octanol–water partition coefficient (Wildman–Crippen LogP) is 0.0188. The number of aromatic nitrogens is 1. The Hall–Kier alpha value is -1.47. The normalized spacial score (nSPS) is 27.9. The molecule has 6 nitrogen and oxygen atoms in total. The number of hydrogen-bond acceptors (Lipinski definition) is 5. The summed E-state index contributed by atoms with van der Waals surface area (Å²) in [5, 5.41) is 6.84. The van der Waals surface area contributed by atoms with Crippen molar-refractivity contribution in [2.75, 3.05) is 32.7 Å². The molecule has 2 atom stereocenters. The van der Waals surface area contributed by atoms with Crippen LogP contribution in [0.3, 0.4) is 0 Å². The van der Waals surface area contributed by atoms with Crippen molar-refractivity contribution in [2.45, 2.75) is 25.2 Å². The third-order valence-corrected chi connectivity index (χ3v) is 3.94. The van der Waals surface area contributed by atoms with Gasteiger partial charge in [-0.15, -0.1) is 0 Å². The van der Waals surface area contributed by atoms with Crippen LogP contribution in [0, 0.1) is 0 Å². The van der Waals surface area contributed by atoms with Crippen molar-refractivity contribution in [2.24, 2.45) is 0 Å². The molecule has 2 aliphatic rings. The average Bonchev–Trinajstić information content (AvgIpc) is 3.10. The van der Waals surface area contributed by atoms with Crippen molar-refractivity contribution in [1.29, 1.82) is 0 Å². The highest BCUT2D eigenvalue weighted by molar-refractivity contribution is 5.82. The smallest absolute Gasteiger partial charge is 0.239 e. The summed E-state index contributed by atoms with van der Waals surface area (Å²) in [6.45, 7) is 4.03. The number of alkyl halides is 1. The van der Waals surface area contributed by atoms with E-state index in [0.717, 1.165) is 25.3 Å². The average molecular weight is 282 g/mol. The van der Waals surface area contributed by atoms with E-state index in [1.807, 2.05) is 11.0 Å². The van der Waals surface area contributed by atoms with Gasteiger partial charge in [0.1, 0.15) is 12.4 Å². The first-order valence-corrected chi connectivity index (χ1v) is 7.00. The van der Waals surface area contributed by atoms with Gasteiger partial charge in [0.05, 0.1) is 11.7 Å². The Balaban J connectivity index is 1.47. The fourth-order valence-electron chi connectivity index (χ4n) is 2.78. The summed E-state index contributed by atoms with van der Waals surface area (Å²) in [7, 11) is 0. The van der Waals surface area contributed by atoms with Crippen molar-refractivity contribution in [3.8, 4) is 0 Å². The fourth-order valence-corrected chi connectivity index (χ4v) is 2.78. The topological polar surface area (TPSA) is 61.6 Å². The summed E-state index contributed by atoms with van der Waals surface area (Å²) in [5.41, 5.74) is 0.905. The van der Waals surface area contributed by atoms with Crippen molar-refractivity contribution in [3.63, 3.8) is 0 Å². The van der Waals surface area contributed by atoms with E-state index in [-0.39, 0.29) is 11.9 Å². The highest BCUT2D eigenvalue weighted by atomic mass is 19.1. The van der Waals surface area contributed by atoms with Crippen LogP contribution in [-0.2, 0) is 11.3 Å². The van der Waals surface area contributed by atoms with Gasteiger partial charge < -0.3 is 14.7 Å². The second-order valence-corrected chi connectivity index (χ2v) is 5.39. The van der Waals surface area contributed by atoms with E-state index < -0.39 is 6.17 Å². The Morgan fingerprint density at radius 3 is 2.85 bits per heavy atom. The molecule has 0 radical (unpaired) electrons. The Bertz CT molecular complexity index is 445. The van der Waals surface area contributed by atoms with Crippen molar-refractivity contribution < 1.29 is 13.7 Å². The maximum absolute atomic E-state index is 13.1. The molecule has 1 N–H and O–H groups in total. The molecule has 1 aromatic rings. The third kappa shape index (κ3) is 2.99. The molecule has 2 saturated heterocycles. The van der Waals surface area contributed by atoms with Gasteiger partial charge in [-0.05, 0) is 0 Å². The fraction of sp³-hybridized carbons (Fsp3) is 0.692. The van der Waals surface area contributed by atoms with E-state index >= 15 is 0 Å². The van der Waals surface area contributed by atoms with Gasteiger partial charge in [0.15, 0.2) is 0 Å². The van der Waals surface area contributed by atoms with Crippen LogP contribution in [0.25, 0.3) is 0 Å². The summed E-state index contributed by atoms with van der Waals surface area (Å²) in [6.07, 6.45) is 0.976. The van der Waals surface area contributed by atoms with Gasteiger partial charge in [0.2, 0.25) is 5.91 Å². The molecule has 20 heavy (non-hydrogen) atoms. The van der Waals surface area contributed by atoms with Crippen LogP contribution < -0.4 is 5.32 Å². The minimum atomic E-state index is -0.891. The van der Waals surface area contributed by atoms with E-state index in [0.29, 0.717) is 26.1 Å². The molecule has 1 amide bonds. The first kappa shape index (κ1) is 13.5. The Labute approximate surface area is 116 Å². The first-order valence-electron chi connectivity index (χ1n) is 7.00. The molecule has 0 bridgehead atoms. The van der Waals surface area contributed by atoms with Crippen LogP contribution in [0.15, 0.2) is 16.9 Å². The van der Waals surface area contributed by atoms with Crippen LogP contribution in [0.2, 0.25) is 0 Å². The van der Waals surface area contributed by atoms with Gasteiger partial charge in [-0.1, -0.05) is 5.16 Å². The molecule has 110 valence electrons. The number of halogens is 1. The highest BCUT2D eigenvalue weighted by Gasteiger charge is 2.33. The summed E-state index contributed by atoms with van der Waals surface area (Å²) < 4.78 is 17.9. The molecule has 0 spiro atoms. The zero-order valence-electron chi connectivity index (χ0n) is 11.3. The second kappa shape index (κ2) is 5.88. The molecule has 0 unspecified atom stereocenters. The van der Waals surface area contributed by atoms with Gasteiger partial charge in [0, 0.05) is 51.8 Å². The number of piperazine rings is 1. The van der Waals surface area contributed by atoms with Crippen molar-refractivity contribution in [3.05, 3.63) is 18.0 Å². The minimum absolute atomic E-state index is 0.0336. The molecule has 2 aliphatic heterocycles. The monoisotopic (exact) mass is 282 g/mol. The molecule has 1 aromatic heterocycles. The van der Waals surface area contributed by atoms with Gasteiger partial charge in [-0.25, -0.2) is 4.39 Å². The van der Waals surface area contributed by atoms with Crippen LogP contribution >= 0.6 is 0 Å². The van der Waals surface area contributed by atoms with Gasteiger partial charge >= 0.3 is 0 Å². The molecule has 2 fully saturated rings. The molecule has 3 rings (SSSR count). The molecule has 3 heterocycles. The van der Waals surface area contributed by atoms with Crippen LogP contribution in [0.1, 0.15) is 12.1 Å². The summed E-state index contributed by atoms with van der Waals surface area (Å²) in [6, 6.07) is 1.51. The van der Waals surface area contributed by atoms with Gasteiger partial charge in [-0.2, -0.15) is 0 Å². The predicted molar refractivity (Wildman–Crippen MR) is 69.7 cm³/mol. The number of nitrogens with zero attached hydrogens (tertiary/aromatic N) is 3. The maximum Gasteiger partial charge on any atom is 0.239 e. The van der Waals surface area contributed by atoms with Crippen LogP contribution in [0.4, 0.5) is 4.39 Å². The Kier molecular flexibility index (Phi) is 3.98. The molecule has 0 saturated carbocycles. The highest BCUT2D eigenvalue weighted by Crippen LogP contribution is 2.14. The molecule has 7 heteroatoms. The Morgan fingerprint density at radius 1 is 1.45 bits per heavy atom. The zero-order valence-corrected chi connectivity index (χ0v) is 11.3. The third-order valence-electron chi connectivity index (χ3n) is 3.94. The minimum Gasteiger partial charge on any atom is -0.364 e. The van der Waals surface area contributed by atoms with E-state index in [9.17, 15) is 9.18 Å². The molecule has 0 aromatic carbocycles. The zero-order chi connectivity index (χ0) is 13.9. The van der Waals surface area contributed by atoms with E-state index in [4.69, 9.17) is 4.52 Å². The quantitative estimate of drug-likeness (QED) is 0.847. The number of amides is 1. The standard InChI is InChI=1S/C13H19FN4O2/c14-10-7-12(15-8-10)13(19)18-4-2-17(3-5-18)9-11-1-6-20-16-11/h1,6,10,12,15H,2-5,7-9H2/t10-,12+/m0/s1. The van der Waals surface area contributed by atoms with E-state index in [2.05, 4.69) is 15.4 Å². The molecule has 0 aliphatic carbocycles. The summed E-state index contributed by atoms with van der Waals surface area (Å²) >= 11 is 0. The number of nitrogens with one attached hydrogen (secondary N) is 1. The lowest BCUT2D eigenvalue weighted by Gasteiger charge is -2.35. The molecular formula is C13H19FN4O2. The Morgan fingerprint density at radius 2 is 2.25 bits per heavy atom. The largest absolute Gasteiger partial charge is 0.364 e. The first-order chi connectivity index (χ1) is 9.72. The lowest BCUT2D eigenvalue weighted by Crippen LogP contribution is -2.52.